The number of benzene rings is 1. The van der Waals surface area contributed by atoms with Gasteiger partial charge >= 0.3 is 0 Å². The number of aromatic nitrogens is 1. The summed E-state index contributed by atoms with van der Waals surface area (Å²) in [6.07, 6.45) is 1.95. The topological polar surface area (TPSA) is 20.9 Å². The molecular formula is C12H12BrNOS. The summed E-state index contributed by atoms with van der Waals surface area (Å²) < 4.78 is 1.97. The maximum Gasteiger partial charge on any atom is 0.234 e. The normalized spacial score (nSPS) is 9.56. The van der Waals surface area contributed by atoms with E-state index in [1.807, 2.05) is 53.4 Å². The number of rotatable bonds is 3. The van der Waals surface area contributed by atoms with Crippen molar-refractivity contribution in [2.24, 2.45) is 0 Å². The number of halogens is 1. The Balaban J connectivity index is 0.00000128. The molecule has 0 saturated heterocycles. The molecule has 0 saturated carbocycles. The van der Waals surface area contributed by atoms with Crippen LogP contribution in [-0.2, 0) is 6.54 Å². The van der Waals surface area contributed by atoms with Crippen LogP contribution in [0.1, 0.15) is 15.4 Å². The van der Waals surface area contributed by atoms with Crippen molar-refractivity contribution in [3.05, 3.63) is 52.5 Å². The lowest BCUT2D eigenvalue weighted by Crippen LogP contribution is -3.00. The molecular weight excluding hydrogens is 286 g/mol. The number of Topliss-reactive ketones (excluding diaryl/α,β-unsaturated/α-hetero) is 1. The van der Waals surface area contributed by atoms with Crippen LogP contribution in [0.4, 0.5) is 0 Å². The summed E-state index contributed by atoms with van der Waals surface area (Å²) in [6, 6.07) is 9.39. The first-order valence-electron chi connectivity index (χ1n) is 4.79. The number of hydrogen-bond donors (Lipinski definition) is 0. The summed E-state index contributed by atoms with van der Waals surface area (Å²) in [5.74, 6) is 0.155. The van der Waals surface area contributed by atoms with Gasteiger partial charge in [-0.25, -0.2) is 0 Å². The van der Waals surface area contributed by atoms with Crippen molar-refractivity contribution in [1.29, 1.82) is 0 Å². The quantitative estimate of drug-likeness (QED) is 0.538. The maximum atomic E-state index is 11.8. The van der Waals surface area contributed by atoms with Gasteiger partial charge in [-0.15, -0.1) is 0 Å². The van der Waals surface area contributed by atoms with Gasteiger partial charge in [0.2, 0.25) is 17.3 Å². The molecule has 0 radical (unpaired) electrons. The Morgan fingerprint density at radius 1 is 1.31 bits per heavy atom. The fraction of sp³-hybridized carbons (Fsp3) is 0.167. The molecule has 2 rings (SSSR count). The Hall–Kier alpha value is -1.000. The molecule has 0 aliphatic rings. The summed E-state index contributed by atoms with van der Waals surface area (Å²) in [5, 5.41) is 3.15. The minimum Gasteiger partial charge on any atom is -1.00 e. The van der Waals surface area contributed by atoms with Crippen molar-refractivity contribution < 1.29 is 26.3 Å². The molecule has 0 aliphatic heterocycles. The Morgan fingerprint density at radius 3 is 2.56 bits per heavy atom. The van der Waals surface area contributed by atoms with Crippen molar-refractivity contribution in [3.63, 3.8) is 0 Å². The van der Waals surface area contributed by atoms with Gasteiger partial charge in [0.25, 0.3) is 0 Å². The van der Waals surface area contributed by atoms with E-state index in [4.69, 9.17) is 0 Å². The molecule has 0 amide bonds. The van der Waals surface area contributed by atoms with E-state index in [1.54, 1.807) is 11.3 Å². The molecule has 0 bridgehead atoms. The van der Waals surface area contributed by atoms with Crippen molar-refractivity contribution in [2.75, 3.05) is 0 Å². The summed E-state index contributed by atoms with van der Waals surface area (Å²) in [5.41, 5.74) is 0.774. The highest BCUT2D eigenvalue weighted by Crippen LogP contribution is 2.03. The number of hydrogen-bond acceptors (Lipinski definition) is 2. The number of nitrogens with zero attached hydrogens (tertiary/aromatic N) is 1. The first-order chi connectivity index (χ1) is 7.27. The average Bonchev–Trinajstić information content (AvgIpc) is 2.66. The Labute approximate surface area is 109 Å². The van der Waals surface area contributed by atoms with E-state index >= 15 is 0 Å². The molecule has 0 aliphatic carbocycles. The lowest BCUT2D eigenvalue weighted by molar-refractivity contribution is -0.684. The molecule has 16 heavy (non-hydrogen) atoms. The van der Waals surface area contributed by atoms with E-state index in [0.29, 0.717) is 6.54 Å². The largest absolute Gasteiger partial charge is 1.00 e. The van der Waals surface area contributed by atoms with Crippen LogP contribution in [0.2, 0.25) is 0 Å². The number of thiazole rings is 1. The molecule has 84 valence electrons. The minimum atomic E-state index is 0. The van der Waals surface area contributed by atoms with E-state index in [0.717, 1.165) is 10.6 Å². The summed E-state index contributed by atoms with van der Waals surface area (Å²) in [6.45, 7) is 2.45. The lowest BCUT2D eigenvalue weighted by Gasteiger charge is -1.96. The summed E-state index contributed by atoms with van der Waals surface area (Å²) >= 11 is 1.65. The van der Waals surface area contributed by atoms with Crippen LogP contribution in [0, 0.1) is 6.92 Å². The third-order valence-corrected chi connectivity index (χ3v) is 3.13. The van der Waals surface area contributed by atoms with Crippen LogP contribution in [0.5, 0.6) is 0 Å². The summed E-state index contributed by atoms with van der Waals surface area (Å²) in [4.78, 5) is 11.8. The fourth-order valence-corrected chi connectivity index (χ4v) is 2.07. The van der Waals surface area contributed by atoms with Crippen molar-refractivity contribution in [1.82, 2.24) is 0 Å². The van der Waals surface area contributed by atoms with Crippen molar-refractivity contribution >= 4 is 17.1 Å². The number of aryl methyl sites for hydroxylation is 1. The zero-order chi connectivity index (χ0) is 10.7. The molecule has 0 atom stereocenters. The van der Waals surface area contributed by atoms with Gasteiger partial charge in [0.1, 0.15) is 0 Å². The first kappa shape index (κ1) is 13.1. The second-order valence-electron chi connectivity index (χ2n) is 3.34. The predicted octanol–water partition coefficient (Wildman–Crippen LogP) is -0.769. The number of ketones is 1. The Bertz CT molecular complexity index is 467. The van der Waals surface area contributed by atoms with Gasteiger partial charge in [-0.1, -0.05) is 41.7 Å². The number of carbonyl (C=O) groups excluding carboxylic acids is 1. The molecule has 2 nitrogen and oxygen atoms in total. The second kappa shape index (κ2) is 5.92. The highest BCUT2D eigenvalue weighted by Gasteiger charge is 2.14. The van der Waals surface area contributed by atoms with E-state index in [1.165, 1.54) is 0 Å². The van der Waals surface area contributed by atoms with Gasteiger partial charge in [0.15, 0.2) is 6.20 Å². The molecule has 1 aromatic heterocycles. The fourth-order valence-electron chi connectivity index (χ4n) is 1.41. The smallest absolute Gasteiger partial charge is 0.234 e. The third kappa shape index (κ3) is 3.00. The maximum absolute atomic E-state index is 11.8. The van der Waals surface area contributed by atoms with Gasteiger partial charge in [-0.3, -0.25) is 4.79 Å². The molecule has 0 unspecified atom stereocenters. The third-order valence-electron chi connectivity index (χ3n) is 2.29. The predicted molar refractivity (Wildman–Crippen MR) is 60.0 cm³/mol. The van der Waals surface area contributed by atoms with Gasteiger partial charge in [-0.05, 0) is 0 Å². The lowest BCUT2D eigenvalue weighted by atomic mass is 10.1. The summed E-state index contributed by atoms with van der Waals surface area (Å²) in [7, 11) is 0. The zero-order valence-corrected chi connectivity index (χ0v) is 11.3. The average molecular weight is 298 g/mol. The van der Waals surface area contributed by atoms with E-state index in [2.05, 4.69) is 0 Å². The molecule has 2 aromatic rings. The first-order valence-corrected chi connectivity index (χ1v) is 5.67. The van der Waals surface area contributed by atoms with Crippen LogP contribution < -0.4 is 21.5 Å². The molecule has 4 heteroatoms. The number of carbonyl (C=O) groups is 1. The highest BCUT2D eigenvalue weighted by atomic mass is 79.9. The minimum absolute atomic E-state index is 0. The van der Waals surface area contributed by atoms with Crippen LogP contribution >= 0.6 is 11.3 Å². The second-order valence-corrected chi connectivity index (χ2v) is 4.44. The Kier molecular flexibility index (Phi) is 4.83. The van der Waals surface area contributed by atoms with Gasteiger partial charge < -0.3 is 17.0 Å². The zero-order valence-electron chi connectivity index (χ0n) is 8.89. The van der Waals surface area contributed by atoms with Crippen molar-refractivity contribution in [3.8, 4) is 0 Å². The van der Waals surface area contributed by atoms with E-state index in [-0.39, 0.29) is 22.8 Å². The standard InChI is InChI=1S/C12H12NOS.BrH/c1-10-13(7-8-15-10)9-12(14)11-5-3-2-4-6-11;/h2-8H,9H2,1H3;1H/q+1;/p-1. The monoisotopic (exact) mass is 297 g/mol. The van der Waals surface area contributed by atoms with Gasteiger partial charge in [-0.2, -0.15) is 4.57 Å². The molecule has 1 aromatic carbocycles. The molecule has 0 fully saturated rings. The van der Waals surface area contributed by atoms with E-state index in [9.17, 15) is 4.79 Å². The SMILES string of the molecule is Cc1scc[n+]1CC(=O)c1ccccc1.[Br-]. The van der Waals surface area contributed by atoms with E-state index < -0.39 is 0 Å². The van der Waals surface area contributed by atoms with Crippen LogP contribution in [-0.4, -0.2) is 5.78 Å². The molecule has 0 spiro atoms. The van der Waals surface area contributed by atoms with Crippen LogP contribution in [0.25, 0.3) is 0 Å². The molecule has 0 N–H and O–H groups in total. The van der Waals surface area contributed by atoms with Gasteiger partial charge in [0, 0.05) is 12.5 Å². The molecule has 1 heterocycles. The van der Waals surface area contributed by atoms with Crippen LogP contribution in [0.15, 0.2) is 41.9 Å². The highest BCUT2D eigenvalue weighted by molar-refractivity contribution is 7.09. The Morgan fingerprint density at radius 2 is 2.00 bits per heavy atom. The van der Waals surface area contributed by atoms with Crippen LogP contribution in [0.3, 0.4) is 0 Å². The van der Waals surface area contributed by atoms with Crippen molar-refractivity contribution in [2.45, 2.75) is 13.5 Å². The van der Waals surface area contributed by atoms with Gasteiger partial charge in [0.05, 0.1) is 5.38 Å².